The summed E-state index contributed by atoms with van der Waals surface area (Å²) in [5, 5.41) is 4.28. The molecule has 0 saturated carbocycles. The third kappa shape index (κ3) is 2.84. The van der Waals surface area contributed by atoms with Gasteiger partial charge in [0, 0.05) is 13.7 Å². The summed E-state index contributed by atoms with van der Waals surface area (Å²) in [6, 6.07) is -0.271. The number of aryl methyl sites for hydroxylation is 1. The van der Waals surface area contributed by atoms with Crippen LogP contribution in [0.3, 0.4) is 0 Å². The van der Waals surface area contributed by atoms with Crippen molar-refractivity contribution in [2.45, 2.75) is 46.4 Å². The maximum absolute atomic E-state index is 6.37. The predicted molar refractivity (Wildman–Crippen MR) is 71.6 cm³/mol. The largest absolute Gasteiger partial charge is 0.493 e. The van der Waals surface area contributed by atoms with Gasteiger partial charge in [0.25, 0.3) is 0 Å². The van der Waals surface area contributed by atoms with E-state index in [2.05, 4.69) is 25.9 Å². The van der Waals surface area contributed by atoms with Gasteiger partial charge in [0.05, 0.1) is 31.1 Å². The van der Waals surface area contributed by atoms with Crippen molar-refractivity contribution in [1.82, 2.24) is 9.78 Å². The molecule has 0 spiro atoms. The Morgan fingerprint density at radius 2 is 2.00 bits per heavy atom. The molecule has 5 nitrogen and oxygen atoms in total. The van der Waals surface area contributed by atoms with Gasteiger partial charge in [0.1, 0.15) is 0 Å². The topological polar surface area (TPSA) is 62.3 Å². The van der Waals surface area contributed by atoms with Gasteiger partial charge in [-0.15, -0.1) is 0 Å². The second-order valence-corrected chi connectivity index (χ2v) is 5.46. The van der Waals surface area contributed by atoms with Gasteiger partial charge in [0.15, 0.2) is 5.75 Å². The molecule has 0 bridgehead atoms. The van der Waals surface area contributed by atoms with Crippen LogP contribution in [0, 0.1) is 5.41 Å². The smallest absolute Gasteiger partial charge is 0.161 e. The SMILES string of the molecule is CCn1ncc(OC)c1C(N)C(OC)C(C)(C)C. The molecule has 2 unspecified atom stereocenters. The zero-order valence-corrected chi connectivity index (χ0v) is 12.2. The second kappa shape index (κ2) is 5.71. The van der Waals surface area contributed by atoms with E-state index in [1.54, 1.807) is 20.4 Å². The van der Waals surface area contributed by atoms with Gasteiger partial charge in [-0.05, 0) is 12.3 Å². The number of nitrogens with two attached hydrogens (primary N) is 1. The summed E-state index contributed by atoms with van der Waals surface area (Å²) in [5.41, 5.74) is 7.20. The van der Waals surface area contributed by atoms with Crippen LogP contribution in [0.25, 0.3) is 0 Å². The fourth-order valence-electron chi connectivity index (χ4n) is 2.31. The zero-order chi connectivity index (χ0) is 13.9. The van der Waals surface area contributed by atoms with Crippen molar-refractivity contribution in [3.8, 4) is 5.75 Å². The lowest BCUT2D eigenvalue weighted by Crippen LogP contribution is -2.39. The van der Waals surface area contributed by atoms with E-state index in [0.717, 1.165) is 18.0 Å². The second-order valence-electron chi connectivity index (χ2n) is 5.46. The van der Waals surface area contributed by atoms with Crippen molar-refractivity contribution >= 4 is 0 Å². The summed E-state index contributed by atoms with van der Waals surface area (Å²) in [6.07, 6.45) is 1.60. The van der Waals surface area contributed by atoms with Gasteiger partial charge in [-0.3, -0.25) is 4.68 Å². The van der Waals surface area contributed by atoms with Gasteiger partial charge < -0.3 is 15.2 Å². The first kappa shape index (κ1) is 15.0. The molecule has 0 saturated heterocycles. The normalized spacial score (nSPS) is 15.5. The highest BCUT2D eigenvalue weighted by atomic mass is 16.5. The maximum atomic E-state index is 6.37. The summed E-state index contributed by atoms with van der Waals surface area (Å²) in [4.78, 5) is 0. The number of methoxy groups -OCH3 is 2. The Morgan fingerprint density at radius 1 is 1.39 bits per heavy atom. The molecule has 0 amide bonds. The number of hydrogen-bond acceptors (Lipinski definition) is 4. The molecule has 0 aliphatic carbocycles. The van der Waals surface area contributed by atoms with Crippen molar-refractivity contribution in [3.05, 3.63) is 11.9 Å². The van der Waals surface area contributed by atoms with Crippen LogP contribution in [0.15, 0.2) is 6.20 Å². The van der Waals surface area contributed by atoms with E-state index in [-0.39, 0.29) is 17.6 Å². The fourth-order valence-corrected chi connectivity index (χ4v) is 2.31. The summed E-state index contributed by atoms with van der Waals surface area (Å²) in [6.45, 7) is 9.12. The van der Waals surface area contributed by atoms with Crippen LogP contribution in [-0.2, 0) is 11.3 Å². The lowest BCUT2D eigenvalue weighted by atomic mass is 9.83. The Morgan fingerprint density at radius 3 is 2.39 bits per heavy atom. The zero-order valence-electron chi connectivity index (χ0n) is 12.2. The number of hydrogen-bond donors (Lipinski definition) is 1. The molecule has 0 aromatic carbocycles. The van der Waals surface area contributed by atoms with Gasteiger partial charge in [-0.2, -0.15) is 5.10 Å². The standard InChI is InChI=1S/C13H25N3O2/c1-7-16-11(9(17-5)8-15-16)10(14)12(18-6)13(2,3)4/h8,10,12H,7,14H2,1-6H3. The molecular weight excluding hydrogens is 230 g/mol. The van der Waals surface area contributed by atoms with Gasteiger partial charge in [0.2, 0.25) is 0 Å². The van der Waals surface area contributed by atoms with Crippen LogP contribution in [0.2, 0.25) is 0 Å². The minimum atomic E-state index is -0.271. The van der Waals surface area contributed by atoms with Gasteiger partial charge in [-0.25, -0.2) is 0 Å². The first-order valence-corrected chi connectivity index (χ1v) is 6.24. The molecular formula is C13H25N3O2. The average Bonchev–Trinajstić information content (AvgIpc) is 2.70. The quantitative estimate of drug-likeness (QED) is 0.873. The number of rotatable bonds is 5. The summed E-state index contributed by atoms with van der Waals surface area (Å²) < 4.78 is 12.8. The van der Waals surface area contributed by atoms with E-state index in [1.165, 1.54) is 0 Å². The molecule has 0 fully saturated rings. The summed E-state index contributed by atoms with van der Waals surface area (Å²) in [5.74, 6) is 0.718. The molecule has 104 valence electrons. The molecule has 5 heteroatoms. The first-order valence-electron chi connectivity index (χ1n) is 6.24. The molecule has 0 aliphatic heterocycles. The molecule has 1 aromatic rings. The third-order valence-electron chi connectivity index (χ3n) is 3.11. The monoisotopic (exact) mass is 255 g/mol. The molecule has 18 heavy (non-hydrogen) atoms. The van der Waals surface area contributed by atoms with E-state index in [4.69, 9.17) is 15.2 Å². The first-order chi connectivity index (χ1) is 8.36. The van der Waals surface area contributed by atoms with E-state index >= 15 is 0 Å². The summed E-state index contributed by atoms with van der Waals surface area (Å²) >= 11 is 0. The Kier molecular flexibility index (Phi) is 4.76. The van der Waals surface area contributed by atoms with E-state index in [1.807, 2.05) is 11.6 Å². The molecule has 2 atom stereocenters. The van der Waals surface area contributed by atoms with Gasteiger partial charge in [-0.1, -0.05) is 20.8 Å². The average molecular weight is 255 g/mol. The fraction of sp³-hybridized carbons (Fsp3) is 0.769. The number of ether oxygens (including phenoxy) is 2. The van der Waals surface area contributed by atoms with Crippen LogP contribution < -0.4 is 10.5 Å². The predicted octanol–water partition coefficient (Wildman–Crippen LogP) is 1.97. The Labute approximate surface area is 109 Å². The van der Waals surface area contributed by atoms with Crippen molar-refractivity contribution < 1.29 is 9.47 Å². The highest BCUT2D eigenvalue weighted by Crippen LogP contribution is 2.34. The maximum Gasteiger partial charge on any atom is 0.161 e. The van der Waals surface area contributed by atoms with Crippen molar-refractivity contribution in [1.29, 1.82) is 0 Å². The van der Waals surface area contributed by atoms with E-state index in [0.29, 0.717) is 0 Å². The molecule has 1 rings (SSSR count). The Hall–Kier alpha value is -1.07. The lowest BCUT2D eigenvalue weighted by molar-refractivity contribution is -0.00475. The number of aromatic nitrogens is 2. The van der Waals surface area contributed by atoms with Crippen molar-refractivity contribution in [2.75, 3.05) is 14.2 Å². The Balaban J connectivity index is 3.15. The molecule has 0 radical (unpaired) electrons. The van der Waals surface area contributed by atoms with Crippen molar-refractivity contribution in [3.63, 3.8) is 0 Å². The summed E-state index contributed by atoms with van der Waals surface area (Å²) in [7, 11) is 3.32. The minimum absolute atomic E-state index is 0.0536. The lowest BCUT2D eigenvalue weighted by Gasteiger charge is -2.34. The molecule has 0 aliphatic rings. The third-order valence-corrected chi connectivity index (χ3v) is 3.11. The molecule has 2 N–H and O–H groups in total. The van der Waals surface area contributed by atoms with Crippen LogP contribution in [-0.4, -0.2) is 30.1 Å². The molecule has 1 heterocycles. The van der Waals surface area contributed by atoms with E-state index < -0.39 is 0 Å². The number of nitrogens with zero attached hydrogens (tertiary/aromatic N) is 2. The van der Waals surface area contributed by atoms with Crippen LogP contribution in [0.5, 0.6) is 5.75 Å². The van der Waals surface area contributed by atoms with Crippen LogP contribution >= 0.6 is 0 Å². The highest BCUT2D eigenvalue weighted by molar-refractivity contribution is 5.29. The van der Waals surface area contributed by atoms with Crippen molar-refractivity contribution in [2.24, 2.45) is 11.1 Å². The van der Waals surface area contributed by atoms with Crippen LogP contribution in [0.1, 0.15) is 39.4 Å². The highest BCUT2D eigenvalue weighted by Gasteiger charge is 2.34. The van der Waals surface area contributed by atoms with Gasteiger partial charge >= 0.3 is 0 Å². The van der Waals surface area contributed by atoms with Crippen LogP contribution in [0.4, 0.5) is 0 Å². The Bertz CT molecular complexity index is 361. The molecule has 1 aromatic heterocycles. The minimum Gasteiger partial charge on any atom is -0.493 e. The van der Waals surface area contributed by atoms with E-state index in [9.17, 15) is 0 Å².